The summed E-state index contributed by atoms with van der Waals surface area (Å²) in [6, 6.07) is 3.37. The van der Waals surface area contributed by atoms with E-state index in [1.165, 1.54) is 0 Å². The highest BCUT2D eigenvalue weighted by molar-refractivity contribution is 5.95. The third-order valence-electron chi connectivity index (χ3n) is 5.07. The first-order valence-electron chi connectivity index (χ1n) is 9.71. The van der Waals surface area contributed by atoms with Gasteiger partial charge in [0.15, 0.2) is 0 Å². The molecular weight excluding hydrogens is 348 g/mol. The molecule has 2 N–H and O–H groups in total. The molecule has 2 saturated heterocycles. The van der Waals surface area contributed by atoms with Gasteiger partial charge in [0.05, 0.1) is 31.6 Å². The Morgan fingerprint density at radius 2 is 2.04 bits per heavy atom. The van der Waals surface area contributed by atoms with Crippen LogP contribution in [0.2, 0.25) is 0 Å². The fourth-order valence-corrected chi connectivity index (χ4v) is 4.02. The Morgan fingerprint density at radius 1 is 1.26 bits per heavy atom. The quantitative estimate of drug-likeness (QED) is 0.773. The highest BCUT2D eigenvalue weighted by Gasteiger charge is 2.31. The van der Waals surface area contributed by atoms with Crippen LogP contribution in [0.3, 0.4) is 0 Å². The van der Waals surface area contributed by atoms with E-state index < -0.39 is 6.03 Å². The van der Waals surface area contributed by atoms with Gasteiger partial charge in [-0.2, -0.15) is 0 Å². The van der Waals surface area contributed by atoms with Crippen molar-refractivity contribution in [3.05, 3.63) is 24.2 Å². The molecule has 0 radical (unpaired) electrons. The van der Waals surface area contributed by atoms with Crippen molar-refractivity contribution in [2.24, 2.45) is 0 Å². The Morgan fingerprint density at radius 3 is 2.74 bits per heavy atom. The monoisotopic (exact) mass is 378 g/mol. The second kappa shape index (κ2) is 9.34. The maximum Gasteiger partial charge on any atom is 0.321 e. The molecule has 0 spiro atoms. The van der Waals surface area contributed by atoms with Crippen LogP contribution >= 0.6 is 0 Å². The van der Waals surface area contributed by atoms with E-state index in [0.717, 1.165) is 39.0 Å². The first kappa shape index (κ1) is 19.9. The summed E-state index contributed by atoms with van der Waals surface area (Å²) in [4.78, 5) is 28.7. The molecule has 8 nitrogen and oxygen atoms in total. The summed E-state index contributed by atoms with van der Waals surface area (Å²) >= 11 is 0. The highest BCUT2D eigenvalue weighted by Crippen LogP contribution is 2.20. The van der Waals surface area contributed by atoms with Gasteiger partial charge in [-0.05, 0) is 45.4 Å². The second-order valence-corrected chi connectivity index (χ2v) is 7.55. The maximum atomic E-state index is 12.2. The second-order valence-electron chi connectivity index (χ2n) is 7.55. The maximum absolute atomic E-state index is 12.2. The van der Waals surface area contributed by atoms with Gasteiger partial charge in [-0.1, -0.05) is 0 Å². The van der Waals surface area contributed by atoms with E-state index in [1.807, 2.05) is 0 Å². The van der Waals surface area contributed by atoms with E-state index in [9.17, 15) is 9.59 Å². The lowest BCUT2D eigenvalue weighted by atomic mass is 10.1. The summed E-state index contributed by atoms with van der Waals surface area (Å²) in [5.74, 6) is 0.369. The molecule has 3 unspecified atom stereocenters. The molecule has 2 fully saturated rings. The van der Waals surface area contributed by atoms with E-state index in [1.54, 1.807) is 18.4 Å². The molecule has 0 saturated carbocycles. The van der Waals surface area contributed by atoms with Crippen molar-refractivity contribution in [2.75, 3.05) is 32.7 Å². The lowest BCUT2D eigenvalue weighted by Crippen LogP contribution is -2.51. The Labute approximate surface area is 160 Å². The van der Waals surface area contributed by atoms with Crippen molar-refractivity contribution in [3.63, 3.8) is 0 Å². The van der Waals surface area contributed by atoms with Gasteiger partial charge in [0, 0.05) is 25.7 Å². The van der Waals surface area contributed by atoms with Crippen molar-refractivity contribution >= 4 is 11.9 Å². The molecule has 3 amide bonds. The van der Waals surface area contributed by atoms with Gasteiger partial charge in [0.1, 0.15) is 5.76 Å². The van der Waals surface area contributed by atoms with E-state index in [4.69, 9.17) is 9.15 Å². The lowest BCUT2D eigenvalue weighted by molar-refractivity contribution is -0.121. The van der Waals surface area contributed by atoms with Crippen LogP contribution in [-0.4, -0.2) is 72.7 Å². The highest BCUT2D eigenvalue weighted by atomic mass is 16.5. The van der Waals surface area contributed by atoms with Gasteiger partial charge < -0.3 is 14.5 Å². The van der Waals surface area contributed by atoms with Crippen molar-refractivity contribution in [1.29, 1.82) is 0 Å². The van der Waals surface area contributed by atoms with Crippen molar-refractivity contribution < 1.29 is 18.7 Å². The van der Waals surface area contributed by atoms with Gasteiger partial charge in [0.25, 0.3) is 0 Å². The average Bonchev–Trinajstić information content (AvgIpc) is 3.24. The minimum atomic E-state index is -0.497. The van der Waals surface area contributed by atoms with Gasteiger partial charge in [-0.25, -0.2) is 4.79 Å². The Kier molecular flexibility index (Phi) is 6.87. The Hall–Kier alpha value is -1.90. The topological polar surface area (TPSA) is 87.0 Å². The van der Waals surface area contributed by atoms with Gasteiger partial charge in [0.2, 0.25) is 5.91 Å². The normalized spacial score (nSPS) is 26.8. The zero-order valence-electron chi connectivity index (χ0n) is 16.1. The minimum absolute atomic E-state index is 0.241. The number of carbonyl (C=O) groups is 2. The molecule has 8 heteroatoms. The number of furan rings is 1. The first-order chi connectivity index (χ1) is 13.0. The van der Waals surface area contributed by atoms with E-state index in [0.29, 0.717) is 11.8 Å². The predicted octanol–water partition coefficient (Wildman–Crippen LogP) is 1.18. The smallest absolute Gasteiger partial charge is 0.321 e. The van der Waals surface area contributed by atoms with Gasteiger partial charge in [-0.3, -0.25) is 19.9 Å². The molecule has 2 aliphatic rings. The van der Waals surface area contributed by atoms with Gasteiger partial charge >= 0.3 is 6.03 Å². The average molecular weight is 378 g/mol. The summed E-state index contributed by atoms with van der Waals surface area (Å²) in [6.07, 6.45) is 4.19. The summed E-state index contributed by atoms with van der Waals surface area (Å²) in [6.45, 7) is 8.39. The standard InChI is InChI=1S/C19H30N4O4/c1-14-10-22(11-15(2)27-14)12-16-5-3-7-23(16)13-18(24)21-19(25)20-9-17-6-4-8-26-17/h4,6,8,14-16H,3,5,7,9-13H2,1-2H3,(H2,20,21,24,25). The summed E-state index contributed by atoms with van der Waals surface area (Å²) in [5, 5.41) is 5.02. The molecule has 3 atom stereocenters. The molecule has 3 heterocycles. The number of urea groups is 1. The number of likely N-dealkylation sites (tertiary alicyclic amines) is 1. The molecule has 150 valence electrons. The van der Waals surface area contributed by atoms with E-state index in [2.05, 4.69) is 34.3 Å². The van der Waals surface area contributed by atoms with Crippen molar-refractivity contribution in [3.8, 4) is 0 Å². The fourth-order valence-electron chi connectivity index (χ4n) is 4.02. The number of carbonyl (C=O) groups excluding carboxylic acids is 2. The third-order valence-corrected chi connectivity index (χ3v) is 5.07. The molecule has 0 aliphatic carbocycles. The van der Waals surface area contributed by atoms with Crippen LogP contribution in [0.25, 0.3) is 0 Å². The van der Waals surface area contributed by atoms with Crippen LogP contribution in [-0.2, 0) is 16.1 Å². The summed E-state index contributed by atoms with van der Waals surface area (Å²) in [7, 11) is 0. The SMILES string of the molecule is CC1CN(CC2CCCN2CC(=O)NC(=O)NCc2ccco2)CC(C)O1. The number of amides is 3. The number of morpholine rings is 1. The molecular formula is C19H30N4O4. The minimum Gasteiger partial charge on any atom is -0.467 e. The van der Waals surface area contributed by atoms with Crippen LogP contribution in [0, 0.1) is 0 Å². The van der Waals surface area contributed by atoms with Crippen LogP contribution < -0.4 is 10.6 Å². The number of hydrogen-bond acceptors (Lipinski definition) is 6. The molecule has 3 rings (SSSR count). The zero-order valence-corrected chi connectivity index (χ0v) is 16.1. The van der Waals surface area contributed by atoms with Crippen LogP contribution in [0.4, 0.5) is 4.79 Å². The van der Waals surface area contributed by atoms with Crippen LogP contribution in [0.15, 0.2) is 22.8 Å². The van der Waals surface area contributed by atoms with E-state index in [-0.39, 0.29) is 31.2 Å². The molecule has 1 aromatic heterocycles. The molecule has 0 bridgehead atoms. The van der Waals surface area contributed by atoms with Crippen molar-refractivity contribution in [2.45, 2.75) is 51.5 Å². The fraction of sp³-hybridized carbons (Fsp3) is 0.684. The van der Waals surface area contributed by atoms with Crippen LogP contribution in [0.5, 0.6) is 0 Å². The molecule has 1 aromatic rings. The number of nitrogens with zero attached hydrogens (tertiary/aromatic N) is 2. The molecule has 27 heavy (non-hydrogen) atoms. The van der Waals surface area contributed by atoms with Crippen molar-refractivity contribution in [1.82, 2.24) is 20.4 Å². The summed E-state index contributed by atoms with van der Waals surface area (Å²) in [5.41, 5.74) is 0. The van der Waals surface area contributed by atoms with Crippen LogP contribution in [0.1, 0.15) is 32.4 Å². The Bertz CT molecular complexity index is 611. The van der Waals surface area contributed by atoms with E-state index >= 15 is 0 Å². The number of rotatable bonds is 6. The van der Waals surface area contributed by atoms with Gasteiger partial charge in [-0.15, -0.1) is 0 Å². The predicted molar refractivity (Wildman–Crippen MR) is 100 cm³/mol. The Balaban J connectivity index is 1.41. The lowest BCUT2D eigenvalue weighted by Gasteiger charge is -2.38. The molecule has 2 aliphatic heterocycles. The number of imide groups is 1. The first-order valence-corrected chi connectivity index (χ1v) is 9.71. The number of nitrogens with one attached hydrogen (secondary N) is 2. The zero-order chi connectivity index (χ0) is 19.2. The molecule has 0 aromatic carbocycles. The largest absolute Gasteiger partial charge is 0.467 e. The number of ether oxygens (including phenoxy) is 1. The number of hydrogen-bond donors (Lipinski definition) is 2. The summed E-state index contributed by atoms with van der Waals surface area (Å²) < 4.78 is 10.9. The third kappa shape index (κ3) is 6.05.